The third kappa shape index (κ3) is 3.05. The Morgan fingerprint density at radius 3 is 2.61 bits per heavy atom. The Morgan fingerprint density at radius 1 is 1.06 bits per heavy atom. The number of anilines is 1. The quantitative estimate of drug-likeness (QED) is 0.400. The summed E-state index contributed by atoms with van der Waals surface area (Å²) in [5, 5.41) is 2.19. The number of ether oxygens (including phenoxy) is 1. The lowest BCUT2D eigenvalue weighted by Crippen LogP contribution is -2.44. The summed E-state index contributed by atoms with van der Waals surface area (Å²) < 4.78 is 5.36. The van der Waals surface area contributed by atoms with E-state index in [1.165, 1.54) is 0 Å². The standard InChI is InChI=1S/C26H20ClN3O2S/c1-32-18-11-9-15(10-12-18)24-23-20(19-7-2-3-8-21(19)28-23)14-22-25(31)29(26(33)30(22)24)17-6-4-5-16(27)13-17/h2-13,22,24,28H,14H2,1H3/t22-,24-/m1/s1. The van der Waals surface area contributed by atoms with Gasteiger partial charge in [-0.25, -0.2) is 0 Å². The number of nitrogens with zero attached hydrogens (tertiary/aromatic N) is 2. The summed E-state index contributed by atoms with van der Waals surface area (Å²) >= 11 is 12.2. The Hall–Kier alpha value is -3.35. The lowest BCUT2D eigenvalue weighted by atomic mass is 9.89. The van der Waals surface area contributed by atoms with Crippen molar-refractivity contribution in [1.29, 1.82) is 0 Å². The van der Waals surface area contributed by atoms with Crippen molar-refractivity contribution in [3.8, 4) is 5.75 Å². The second-order valence-corrected chi connectivity index (χ2v) is 9.10. The molecule has 3 heterocycles. The zero-order valence-corrected chi connectivity index (χ0v) is 19.4. The minimum atomic E-state index is -0.393. The molecule has 0 radical (unpaired) electrons. The minimum absolute atomic E-state index is 0.0308. The van der Waals surface area contributed by atoms with Crippen molar-refractivity contribution >= 4 is 51.4 Å². The molecule has 0 aliphatic carbocycles. The average molecular weight is 474 g/mol. The molecule has 2 aliphatic rings. The molecular weight excluding hydrogens is 454 g/mol. The predicted octanol–water partition coefficient (Wildman–Crippen LogP) is 5.48. The summed E-state index contributed by atoms with van der Waals surface area (Å²) in [6, 6.07) is 22.8. The van der Waals surface area contributed by atoms with Gasteiger partial charge in [0, 0.05) is 28.0 Å². The first-order chi connectivity index (χ1) is 16.1. The monoisotopic (exact) mass is 473 g/mol. The molecule has 0 unspecified atom stereocenters. The van der Waals surface area contributed by atoms with Crippen LogP contribution in [0.5, 0.6) is 5.75 Å². The molecule has 0 bridgehead atoms. The fourth-order valence-electron chi connectivity index (χ4n) is 5.06. The maximum Gasteiger partial charge on any atom is 0.256 e. The van der Waals surface area contributed by atoms with Gasteiger partial charge in [0.25, 0.3) is 5.91 Å². The highest BCUT2D eigenvalue weighted by molar-refractivity contribution is 7.80. The zero-order chi connectivity index (χ0) is 22.7. The largest absolute Gasteiger partial charge is 0.497 e. The number of rotatable bonds is 3. The van der Waals surface area contributed by atoms with Gasteiger partial charge in [-0.1, -0.05) is 48.0 Å². The lowest BCUT2D eigenvalue weighted by Gasteiger charge is -2.37. The van der Waals surface area contributed by atoms with E-state index in [9.17, 15) is 4.79 Å². The molecule has 5 nitrogen and oxygen atoms in total. The summed E-state index contributed by atoms with van der Waals surface area (Å²) in [7, 11) is 1.65. The van der Waals surface area contributed by atoms with E-state index in [1.807, 2.05) is 48.5 Å². The number of H-pyrrole nitrogens is 1. The molecule has 1 fully saturated rings. The van der Waals surface area contributed by atoms with Crippen LogP contribution in [0.25, 0.3) is 10.9 Å². The third-order valence-electron chi connectivity index (χ3n) is 6.55. The molecule has 2 aliphatic heterocycles. The van der Waals surface area contributed by atoms with Crippen LogP contribution >= 0.6 is 23.8 Å². The molecule has 1 N–H and O–H groups in total. The normalized spacial score (nSPS) is 19.7. The number of carbonyl (C=O) groups excluding carboxylic acids is 1. The Bertz CT molecular complexity index is 1410. The van der Waals surface area contributed by atoms with Gasteiger partial charge in [0.15, 0.2) is 5.11 Å². The summed E-state index contributed by atoms with van der Waals surface area (Å²) in [6.45, 7) is 0. The van der Waals surface area contributed by atoms with Gasteiger partial charge in [0.05, 0.1) is 18.8 Å². The van der Waals surface area contributed by atoms with Gasteiger partial charge in [-0.3, -0.25) is 9.69 Å². The molecule has 1 amide bonds. The fourth-order valence-corrected chi connectivity index (χ4v) is 5.67. The fraction of sp³-hybridized carbons (Fsp3) is 0.154. The van der Waals surface area contributed by atoms with E-state index >= 15 is 0 Å². The number of fused-ring (bicyclic) bond motifs is 4. The molecule has 164 valence electrons. The van der Waals surface area contributed by atoms with Crippen molar-refractivity contribution in [3.05, 3.63) is 94.6 Å². The Balaban J connectivity index is 1.53. The smallest absolute Gasteiger partial charge is 0.256 e. The van der Waals surface area contributed by atoms with E-state index in [1.54, 1.807) is 24.1 Å². The summed E-state index contributed by atoms with van der Waals surface area (Å²) in [4.78, 5) is 21.0. The van der Waals surface area contributed by atoms with Crippen molar-refractivity contribution in [3.63, 3.8) is 0 Å². The molecule has 33 heavy (non-hydrogen) atoms. The number of halogens is 1. The van der Waals surface area contributed by atoms with Crippen LogP contribution in [-0.4, -0.2) is 34.1 Å². The average Bonchev–Trinajstić information content (AvgIpc) is 3.32. The van der Waals surface area contributed by atoms with Gasteiger partial charge in [-0.2, -0.15) is 0 Å². The topological polar surface area (TPSA) is 48.6 Å². The van der Waals surface area contributed by atoms with Crippen LogP contribution in [0.2, 0.25) is 5.02 Å². The van der Waals surface area contributed by atoms with Gasteiger partial charge >= 0.3 is 0 Å². The molecule has 3 aromatic carbocycles. The zero-order valence-electron chi connectivity index (χ0n) is 17.8. The van der Waals surface area contributed by atoms with Gasteiger partial charge in [-0.15, -0.1) is 0 Å². The highest BCUT2D eigenvalue weighted by Crippen LogP contribution is 2.45. The van der Waals surface area contributed by atoms with Crippen LogP contribution in [0, 0.1) is 0 Å². The number of hydrogen-bond acceptors (Lipinski definition) is 3. The highest BCUT2D eigenvalue weighted by atomic mass is 35.5. The van der Waals surface area contributed by atoms with Gasteiger partial charge in [-0.05, 0) is 59.7 Å². The van der Waals surface area contributed by atoms with Crippen LogP contribution in [0.15, 0.2) is 72.8 Å². The first-order valence-corrected chi connectivity index (χ1v) is 11.5. The van der Waals surface area contributed by atoms with Crippen molar-refractivity contribution in [1.82, 2.24) is 9.88 Å². The van der Waals surface area contributed by atoms with E-state index in [0.717, 1.165) is 33.5 Å². The molecule has 1 saturated heterocycles. The van der Waals surface area contributed by atoms with Crippen molar-refractivity contribution < 1.29 is 9.53 Å². The second kappa shape index (κ2) is 7.61. The lowest BCUT2D eigenvalue weighted by molar-refractivity contribution is -0.120. The van der Waals surface area contributed by atoms with Crippen LogP contribution in [0.4, 0.5) is 5.69 Å². The van der Waals surface area contributed by atoms with Crippen LogP contribution in [0.1, 0.15) is 22.9 Å². The molecule has 4 aromatic rings. The molecule has 2 atom stereocenters. The number of methoxy groups -OCH3 is 1. The van der Waals surface area contributed by atoms with E-state index in [2.05, 4.69) is 22.0 Å². The molecule has 6 rings (SSSR count). The summed E-state index contributed by atoms with van der Waals surface area (Å²) in [6.07, 6.45) is 0.585. The van der Waals surface area contributed by atoms with Crippen molar-refractivity contribution in [2.24, 2.45) is 0 Å². The number of hydrogen-bond donors (Lipinski definition) is 1. The van der Waals surface area contributed by atoms with Crippen molar-refractivity contribution in [2.75, 3.05) is 12.0 Å². The first kappa shape index (κ1) is 20.3. The van der Waals surface area contributed by atoms with E-state index < -0.39 is 6.04 Å². The number of amides is 1. The number of thiocarbonyl (C=S) groups is 1. The maximum absolute atomic E-state index is 13.7. The second-order valence-electron chi connectivity index (χ2n) is 8.30. The molecular formula is C26H20ClN3O2S. The molecule has 0 saturated carbocycles. The Labute approximate surface area is 201 Å². The first-order valence-electron chi connectivity index (χ1n) is 10.7. The minimum Gasteiger partial charge on any atom is -0.497 e. The third-order valence-corrected chi connectivity index (χ3v) is 7.18. The van der Waals surface area contributed by atoms with E-state index in [-0.39, 0.29) is 11.9 Å². The van der Waals surface area contributed by atoms with Gasteiger partial charge in [0.2, 0.25) is 0 Å². The maximum atomic E-state index is 13.7. The van der Waals surface area contributed by atoms with E-state index in [0.29, 0.717) is 22.2 Å². The van der Waals surface area contributed by atoms with Crippen LogP contribution < -0.4 is 9.64 Å². The number of aromatic nitrogens is 1. The van der Waals surface area contributed by atoms with Crippen molar-refractivity contribution in [2.45, 2.75) is 18.5 Å². The summed E-state index contributed by atoms with van der Waals surface area (Å²) in [5.74, 6) is 0.750. The number of aromatic amines is 1. The predicted molar refractivity (Wildman–Crippen MR) is 134 cm³/mol. The molecule has 1 aromatic heterocycles. The summed E-state index contributed by atoms with van der Waals surface area (Å²) in [5.41, 5.74) is 5.02. The Morgan fingerprint density at radius 2 is 1.85 bits per heavy atom. The molecule has 7 heteroatoms. The van der Waals surface area contributed by atoms with E-state index in [4.69, 9.17) is 28.6 Å². The SMILES string of the molecule is COc1ccc([C@@H]2c3[nH]c4ccccc4c3C[C@@H]3C(=O)N(c4cccc(Cl)c4)C(=S)N23)cc1. The van der Waals surface area contributed by atoms with Gasteiger partial charge < -0.3 is 14.6 Å². The number of benzene rings is 3. The van der Waals surface area contributed by atoms with Crippen LogP contribution in [0.3, 0.4) is 0 Å². The number of nitrogens with one attached hydrogen (secondary N) is 1. The van der Waals surface area contributed by atoms with Gasteiger partial charge in [0.1, 0.15) is 11.8 Å². The van der Waals surface area contributed by atoms with Crippen LogP contribution in [-0.2, 0) is 11.2 Å². The highest BCUT2D eigenvalue weighted by Gasteiger charge is 2.51. The Kier molecular flexibility index (Phi) is 4.67. The number of para-hydroxylation sites is 1. The molecule has 0 spiro atoms. The number of carbonyl (C=O) groups is 1.